The minimum Gasteiger partial charge on any atom is -0.341 e. The minimum atomic E-state index is -0.484. The van der Waals surface area contributed by atoms with Crippen molar-refractivity contribution in [1.82, 2.24) is 5.32 Å². The van der Waals surface area contributed by atoms with Crippen LogP contribution >= 0.6 is 0 Å². The van der Waals surface area contributed by atoms with Gasteiger partial charge in [-0.1, -0.05) is 30.0 Å². The predicted molar refractivity (Wildman–Crippen MR) is 61.2 cm³/mol. The van der Waals surface area contributed by atoms with E-state index in [2.05, 4.69) is 17.2 Å². The first-order valence-electron chi connectivity index (χ1n) is 4.86. The maximum Gasteiger partial charge on any atom is 0.218 e. The number of carbonyl (C=O) groups is 1. The van der Waals surface area contributed by atoms with Crippen LogP contribution in [0.3, 0.4) is 0 Å². The summed E-state index contributed by atoms with van der Waals surface area (Å²) in [6.07, 6.45) is 0. The van der Waals surface area contributed by atoms with Crippen LogP contribution in [-0.4, -0.2) is 11.4 Å². The van der Waals surface area contributed by atoms with Gasteiger partial charge in [-0.25, -0.2) is 0 Å². The van der Waals surface area contributed by atoms with E-state index in [-0.39, 0.29) is 5.91 Å². The molecule has 15 heavy (non-hydrogen) atoms. The summed E-state index contributed by atoms with van der Waals surface area (Å²) in [7, 11) is 0. The summed E-state index contributed by atoms with van der Waals surface area (Å²) in [5.74, 6) is 5.98. The van der Waals surface area contributed by atoms with Crippen LogP contribution in [0.4, 0.5) is 0 Å². The predicted octanol–water partition coefficient (Wildman–Crippen LogP) is 1.95. The Morgan fingerprint density at radius 3 is 2.40 bits per heavy atom. The fourth-order valence-corrected chi connectivity index (χ4v) is 1.22. The van der Waals surface area contributed by atoms with E-state index < -0.39 is 5.54 Å². The molecule has 0 aromatic heterocycles. The summed E-state index contributed by atoms with van der Waals surface area (Å²) >= 11 is 0. The first kappa shape index (κ1) is 11.3. The van der Waals surface area contributed by atoms with Crippen molar-refractivity contribution in [1.29, 1.82) is 0 Å². The maximum absolute atomic E-state index is 10.9. The van der Waals surface area contributed by atoms with E-state index >= 15 is 0 Å². The molecular formula is C13H15NO. The molecule has 0 spiro atoms. The van der Waals surface area contributed by atoms with Crippen LogP contribution in [0.25, 0.3) is 0 Å². The second kappa shape index (κ2) is 4.65. The fourth-order valence-electron chi connectivity index (χ4n) is 1.22. The molecule has 0 heterocycles. The third-order valence-corrected chi connectivity index (χ3v) is 1.78. The van der Waals surface area contributed by atoms with Crippen molar-refractivity contribution in [2.24, 2.45) is 0 Å². The molecule has 0 atom stereocenters. The van der Waals surface area contributed by atoms with Crippen LogP contribution in [0.5, 0.6) is 0 Å². The van der Waals surface area contributed by atoms with E-state index in [0.29, 0.717) is 0 Å². The smallest absolute Gasteiger partial charge is 0.218 e. The molecule has 0 saturated heterocycles. The quantitative estimate of drug-likeness (QED) is 0.691. The molecule has 1 rings (SSSR count). The van der Waals surface area contributed by atoms with Gasteiger partial charge in [-0.2, -0.15) is 0 Å². The minimum absolute atomic E-state index is 0.0673. The van der Waals surface area contributed by atoms with Crippen molar-refractivity contribution >= 4 is 5.91 Å². The number of rotatable bonds is 1. The van der Waals surface area contributed by atoms with Crippen LogP contribution in [0.15, 0.2) is 30.3 Å². The molecular weight excluding hydrogens is 186 g/mol. The Morgan fingerprint density at radius 1 is 1.27 bits per heavy atom. The molecule has 1 N–H and O–H groups in total. The van der Waals surface area contributed by atoms with Crippen molar-refractivity contribution in [3.8, 4) is 11.8 Å². The zero-order valence-corrected chi connectivity index (χ0v) is 9.29. The molecule has 0 aliphatic rings. The molecule has 1 aromatic rings. The largest absolute Gasteiger partial charge is 0.341 e. The molecule has 78 valence electrons. The maximum atomic E-state index is 10.9. The highest BCUT2D eigenvalue weighted by atomic mass is 16.1. The molecule has 0 radical (unpaired) electrons. The summed E-state index contributed by atoms with van der Waals surface area (Å²) in [5, 5.41) is 2.78. The normalized spacial score (nSPS) is 10.1. The molecule has 0 aliphatic heterocycles. The van der Waals surface area contributed by atoms with Gasteiger partial charge in [0.15, 0.2) is 0 Å². The topological polar surface area (TPSA) is 29.1 Å². The summed E-state index contributed by atoms with van der Waals surface area (Å²) in [4.78, 5) is 10.9. The lowest BCUT2D eigenvalue weighted by Gasteiger charge is -2.18. The van der Waals surface area contributed by atoms with Crippen LogP contribution in [0, 0.1) is 11.8 Å². The third kappa shape index (κ3) is 4.33. The highest BCUT2D eigenvalue weighted by Crippen LogP contribution is 2.01. The van der Waals surface area contributed by atoms with Gasteiger partial charge in [-0.3, -0.25) is 4.79 Å². The zero-order chi connectivity index (χ0) is 11.3. The molecule has 1 aromatic carbocycles. The van der Waals surface area contributed by atoms with E-state index in [1.54, 1.807) is 0 Å². The van der Waals surface area contributed by atoms with E-state index in [1.165, 1.54) is 6.92 Å². The SMILES string of the molecule is CC(=O)NC(C)(C)C#Cc1ccccc1. The molecule has 0 bridgehead atoms. The number of hydrogen-bond donors (Lipinski definition) is 1. The fraction of sp³-hybridized carbons (Fsp3) is 0.308. The summed E-state index contributed by atoms with van der Waals surface area (Å²) in [6, 6.07) is 9.71. The highest BCUT2D eigenvalue weighted by molar-refractivity contribution is 5.74. The van der Waals surface area contributed by atoms with E-state index in [1.807, 2.05) is 44.2 Å². The Bertz CT molecular complexity index is 396. The van der Waals surface area contributed by atoms with Crippen molar-refractivity contribution in [2.75, 3.05) is 0 Å². The Morgan fingerprint density at radius 2 is 1.87 bits per heavy atom. The average molecular weight is 201 g/mol. The second-order valence-corrected chi connectivity index (χ2v) is 3.92. The Balaban J connectivity index is 2.77. The van der Waals surface area contributed by atoms with Gasteiger partial charge in [0.2, 0.25) is 5.91 Å². The van der Waals surface area contributed by atoms with Gasteiger partial charge in [0.05, 0.1) is 5.54 Å². The van der Waals surface area contributed by atoms with Gasteiger partial charge in [0.25, 0.3) is 0 Å². The van der Waals surface area contributed by atoms with Gasteiger partial charge >= 0.3 is 0 Å². The standard InChI is InChI=1S/C13H15NO/c1-11(15)14-13(2,3)10-9-12-7-5-4-6-8-12/h4-8H,1-3H3,(H,14,15). The van der Waals surface area contributed by atoms with Crippen molar-refractivity contribution in [3.05, 3.63) is 35.9 Å². The van der Waals surface area contributed by atoms with Gasteiger partial charge in [0.1, 0.15) is 0 Å². The molecule has 0 unspecified atom stereocenters. The van der Waals surface area contributed by atoms with Crippen LogP contribution < -0.4 is 5.32 Å². The molecule has 2 nitrogen and oxygen atoms in total. The van der Waals surface area contributed by atoms with Crippen LogP contribution in [0.1, 0.15) is 26.3 Å². The lowest BCUT2D eigenvalue weighted by Crippen LogP contribution is -2.40. The van der Waals surface area contributed by atoms with Gasteiger partial charge in [-0.05, 0) is 26.0 Å². The molecule has 0 fully saturated rings. The lowest BCUT2D eigenvalue weighted by atomic mass is 10.1. The summed E-state index contributed by atoms with van der Waals surface area (Å²) in [5.41, 5.74) is 0.470. The lowest BCUT2D eigenvalue weighted by molar-refractivity contribution is -0.119. The monoisotopic (exact) mass is 201 g/mol. The van der Waals surface area contributed by atoms with Crippen molar-refractivity contribution in [2.45, 2.75) is 26.3 Å². The first-order chi connectivity index (χ1) is 6.99. The Labute approximate surface area is 90.7 Å². The number of benzene rings is 1. The Hall–Kier alpha value is -1.75. The zero-order valence-electron chi connectivity index (χ0n) is 9.29. The van der Waals surface area contributed by atoms with Crippen molar-refractivity contribution in [3.63, 3.8) is 0 Å². The van der Waals surface area contributed by atoms with Crippen LogP contribution in [0.2, 0.25) is 0 Å². The van der Waals surface area contributed by atoms with Crippen LogP contribution in [-0.2, 0) is 4.79 Å². The third-order valence-electron chi connectivity index (χ3n) is 1.78. The molecule has 2 heteroatoms. The highest BCUT2D eigenvalue weighted by Gasteiger charge is 2.14. The van der Waals surface area contributed by atoms with Gasteiger partial charge < -0.3 is 5.32 Å². The molecule has 0 aliphatic carbocycles. The summed E-state index contributed by atoms with van der Waals surface area (Å²) < 4.78 is 0. The molecule has 0 saturated carbocycles. The van der Waals surface area contributed by atoms with E-state index in [0.717, 1.165) is 5.56 Å². The van der Waals surface area contributed by atoms with Gasteiger partial charge in [0, 0.05) is 12.5 Å². The summed E-state index contributed by atoms with van der Waals surface area (Å²) in [6.45, 7) is 5.25. The molecule has 1 amide bonds. The van der Waals surface area contributed by atoms with Gasteiger partial charge in [-0.15, -0.1) is 0 Å². The number of amides is 1. The van der Waals surface area contributed by atoms with E-state index in [4.69, 9.17) is 0 Å². The average Bonchev–Trinajstić information content (AvgIpc) is 2.15. The number of nitrogens with one attached hydrogen (secondary N) is 1. The number of carbonyl (C=O) groups excluding carboxylic acids is 1. The van der Waals surface area contributed by atoms with Crippen molar-refractivity contribution < 1.29 is 4.79 Å². The Kier molecular flexibility index (Phi) is 3.51. The number of hydrogen-bond acceptors (Lipinski definition) is 1. The first-order valence-corrected chi connectivity index (χ1v) is 4.86. The van der Waals surface area contributed by atoms with E-state index in [9.17, 15) is 4.79 Å². The second-order valence-electron chi connectivity index (χ2n) is 3.92.